The molecule has 1 atom stereocenters. The fourth-order valence-corrected chi connectivity index (χ4v) is 3.82. The van der Waals surface area contributed by atoms with Crippen LogP contribution in [0.25, 0.3) is 11.0 Å². The maximum atomic E-state index is 13.4. The Morgan fingerprint density at radius 2 is 2.03 bits per heavy atom. The van der Waals surface area contributed by atoms with Gasteiger partial charge in [0.1, 0.15) is 12.4 Å². The zero-order valence-electron chi connectivity index (χ0n) is 16.0. The number of alkyl halides is 5. The monoisotopic (exact) mass is 428 g/mol. The minimum Gasteiger partial charge on any atom is -0.295 e. The number of pyridine rings is 1. The maximum absolute atomic E-state index is 13.4. The first-order valence-corrected chi connectivity index (χ1v) is 9.11. The molecule has 0 aliphatic carbocycles. The highest BCUT2D eigenvalue weighted by Crippen LogP contribution is 2.39. The van der Waals surface area contributed by atoms with E-state index in [-0.39, 0.29) is 41.9 Å². The molecule has 0 saturated carbocycles. The van der Waals surface area contributed by atoms with Crippen molar-refractivity contribution in [2.45, 2.75) is 45.5 Å². The summed E-state index contributed by atoms with van der Waals surface area (Å²) >= 11 is 0. The summed E-state index contributed by atoms with van der Waals surface area (Å²) in [4.78, 5) is 18.4. The van der Waals surface area contributed by atoms with E-state index in [4.69, 9.17) is 0 Å². The van der Waals surface area contributed by atoms with Crippen molar-refractivity contribution in [3.63, 3.8) is 0 Å². The van der Waals surface area contributed by atoms with E-state index in [1.54, 1.807) is 6.92 Å². The van der Waals surface area contributed by atoms with Crippen LogP contribution in [-0.2, 0) is 11.3 Å². The molecule has 0 N–H and O–H groups in total. The van der Waals surface area contributed by atoms with Crippen LogP contribution in [-0.4, -0.2) is 43.2 Å². The van der Waals surface area contributed by atoms with Crippen LogP contribution in [0.3, 0.4) is 0 Å². The molecule has 3 aromatic heterocycles. The Morgan fingerprint density at radius 3 is 2.70 bits per heavy atom. The van der Waals surface area contributed by atoms with Crippen molar-refractivity contribution in [2.75, 3.05) is 11.4 Å². The van der Waals surface area contributed by atoms with Crippen LogP contribution in [0, 0.1) is 13.8 Å². The molecule has 0 bridgehead atoms. The van der Waals surface area contributed by atoms with Crippen LogP contribution in [0.5, 0.6) is 0 Å². The molecule has 30 heavy (non-hydrogen) atoms. The second kappa shape index (κ2) is 7.03. The van der Waals surface area contributed by atoms with Gasteiger partial charge in [-0.1, -0.05) is 0 Å². The molecular formula is C18H17F5N6O. The molecule has 1 unspecified atom stereocenters. The van der Waals surface area contributed by atoms with Crippen molar-refractivity contribution < 1.29 is 26.7 Å². The average molecular weight is 428 g/mol. The Labute approximate surface area is 167 Å². The molecule has 12 heteroatoms. The summed E-state index contributed by atoms with van der Waals surface area (Å²) in [5.41, 5.74) is 0.546. The number of halogens is 5. The van der Waals surface area contributed by atoms with Crippen molar-refractivity contribution in [3.05, 3.63) is 35.3 Å². The lowest BCUT2D eigenvalue weighted by molar-refractivity contribution is -0.173. The van der Waals surface area contributed by atoms with E-state index in [0.29, 0.717) is 11.4 Å². The second-order valence-corrected chi connectivity index (χ2v) is 7.12. The molecule has 0 spiro atoms. The summed E-state index contributed by atoms with van der Waals surface area (Å²) in [6.45, 7) is 2.59. The summed E-state index contributed by atoms with van der Waals surface area (Å²) in [6.07, 6.45) is -6.36. The van der Waals surface area contributed by atoms with Crippen molar-refractivity contribution in [2.24, 2.45) is 0 Å². The Bertz CT molecular complexity index is 1120. The maximum Gasteiger partial charge on any atom is 0.410 e. The Balaban J connectivity index is 1.68. The van der Waals surface area contributed by atoms with Gasteiger partial charge < -0.3 is 0 Å². The highest BCUT2D eigenvalue weighted by molar-refractivity contribution is 5.93. The fourth-order valence-electron chi connectivity index (χ4n) is 3.82. The number of fused-ring (bicyclic) bond motifs is 2. The molecule has 1 amide bonds. The lowest BCUT2D eigenvalue weighted by Gasteiger charge is -2.33. The number of hydrogen-bond acceptors (Lipinski definition) is 4. The zero-order chi connectivity index (χ0) is 21.8. The van der Waals surface area contributed by atoms with Crippen molar-refractivity contribution in [1.29, 1.82) is 0 Å². The first kappa shape index (κ1) is 20.2. The van der Waals surface area contributed by atoms with E-state index in [2.05, 4.69) is 15.2 Å². The quantitative estimate of drug-likeness (QED) is 0.597. The molecule has 1 aliphatic rings. The van der Waals surface area contributed by atoms with Crippen LogP contribution in [0.2, 0.25) is 0 Å². The number of rotatable bonds is 3. The van der Waals surface area contributed by atoms with E-state index >= 15 is 0 Å². The molecule has 0 fully saturated rings. The second-order valence-electron chi connectivity index (χ2n) is 7.12. The van der Waals surface area contributed by atoms with Gasteiger partial charge in [-0.05, 0) is 26.3 Å². The van der Waals surface area contributed by atoms with Gasteiger partial charge in [0.05, 0.1) is 17.3 Å². The smallest absolute Gasteiger partial charge is 0.295 e. The topological polar surface area (TPSA) is 68.8 Å². The number of hydrogen-bond donors (Lipinski definition) is 0. The average Bonchev–Trinajstić information content (AvgIpc) is 3.24. The van der Waals surface area contributed by atoms with Gasteiger partial charge >= 0.3 is 6.18 Å². The Kier molecular flexibility index (Phi) is 4.74. The molecule has 0 radical (unpaired) electrons. The number of carbonyl (C=O) groups excluding carboxylic acids is 1. The number of nitrogens with zero attached hydrogens (tertiary/aromatic N) is 6. The van der Waals surface area contributed by atoms with Crippen LogP contribution in [0.4, 0.5) is 27.8 Å². The minimum absolute atomic E-state index is 0.0270. The van der Waals surface area contributed by atoms with Crippen molar-refractivity contribution in [1.82, 2.24) is 24.5 Å². The summed E-state index contributed by atoms with van der Waals surface area (Å²) in [6, 6.07) is 0.797. The van der Waals surface area contributed by atoms with Gasteiger partial charge in [0.25, 0.3) is 6.43 Å². The van der Waals surface area contributed by atoms with Crippen molar-refractivity contribution >= 4 is 22.8 Å². The van der Waals surface area contributed by atoms with Gasteiger partial charge in [0, 0.05) is 23.9 Å². The molecule has 4 heterocycles. The predicted octanol–water partition coefficient (Wildman–Crippen LogP) is 3.72. The summed E-state index contributed by atoms with van der Waals surface area (Å²) < 4.78 is 68.6. The van der Waals surface area contributed by atoms with E-state index in [1.165, 1.54) is 34.8 Å². The number of aromatic nitrogens is 5. The Hall–Kier alpha value is -3.05. The lowest BCUT2D eigenvalue weighted by Crippen LogP contribution is -2.44. The standard InChI is InChI=1S/C18H17F5N6O/c1-9-7-11(16(19)20)15-10(2)26-28(17(15)25-9)8-14(30)27-6-4-12(18(21,22)23)29-13(27)3-5-24-29/h3,5,7,12,16H,4,6,8H2,1-2H3. The minimum atomic E-state index is -4.49. The summed E-state index contributed by atoms with van der Waals surface area (Å²) in [5, 5.41) is 8.07. The zero-order valence-corrected chi connectivity index (χ0v) is 16.0. The van der Waals surface area contributed by atoms with E-state index in [0.717, 1.165) is 4.68 Å². The first-order valence-electron chi connectivity index (χ1n) is 9.11. The first-order chi connectivity index (χ1) is 14.1. The summed E-state index contributed by atoms with van der Waals surface area (Å²) in [7, 11) is 0. The van der Waals surface area contributed by atoms with E-state index < -0.39 is 24.6 Å². The van der Waals surface area contributed by atoms with Gasteiger partial charge in [0.2, 0.25) is 5.91 Å². The third kappa shape index (κ3) is 3.29. The molecule has 160 valence electrons. The highest BCUT2D eigenvalue weighted by atomic mass is 19.4. The number of anilines is 1. The number of amides is 1. The summed E-state index contributed by atoms with van der Waals surface area (Å²) in [5.74, 6) is -0.511. The lowest BCUT2D eigenvalue weighted by atomic mass is 10.1. The largest absolute Gasteiger partial charge is 0.410 e. The molecule has 4 rings (SSSR count). The molecular weight excluding hydrogens is 411 g/mol. The molecule has 0 aromatic carbocycles. The molecule has 7 nitrogen and oxygen atoms in total. The third-order valence-electron chi connectivity index (χ3n) is 5.08. The van der Waals surface area contributed by atoms with Gasteiger partial charge in [-0.25, -0.2) is 23.1 Å². The molecule has 3 aromatic rings. The van der Waals surface area contributed by atoms with E-state index in [1.807, 2.05) is 0 Å². The number of aryl methyl sites for hydroxylation is 2. The van der Waals surface area contributed by atoms with Gasteiger partial charge in [-0.3, -0.25) is 9.69 Å². The van der Waals surface area contributed by atoms with Gasteiger partial charge in [0.15, 0.2) is 11.7 Å². The van der Waals surface area contributed by atoms with Crippen LogP contribution >= 0.6 is 0 Å². The fraction of sp³-hybridized carbons (Fsp3) is 0.444. The molecule has 0 saturated heterocycles. The van der Waals surface area contributed by atoms with Gasteiger partial charge in [-0.15, -0.1) is 0 Å². The highest BCUT2D eigenvalue weighted by Gasteiger charge is 2.45. The van der Waals surface area contributed by atoms with Crippen LogP contribution < -0.4 is 4.90 Å². The van der Waals surface area contributed by atoms with Gasteiger partial charge in [-0.2, -0.15) is 23.4 Å². The predicted molar refractivity (Wildman–Crippen MR) is 96.2 cm³/mol. The third-order valence-corrected chi connectivity index (χ3v) is 5.08. The Morgan fingerprint density at radius 1 is 1.30 bits per heavy atom. The normalized spacial score (nSPS) is 17.1. The van der Waals surface area contributed by atoms with Crippen LogP contribution in [0.1, 0.15) is 35.8 Å². The SMILES string of the molecule is Cc1cc(C(F)F)c2c(C)nn(CC(=O)N3CCC(C(F)(F)F)n4nccc43)c2n1. The van der Waals surface area contributed by atoms with E-state index in [9.17, 15) is 26.7 Å². The number of carbonyl (C=O) groups is 1. The van der Waals surface area contributed by atoms with Crippen molar-refractivity contribution in [3.8, 4) is 0 Å². The van der Waals surface area contributed by atoms with Crippen LogP contribution in [0.15, 0.2) is 18.3 Å². The molecule has 1 aliphatic heterocycles.